The van der Waals surface area contributed by atoms with Crippen LogP contribution in [0.4, 0.5) is 0 Å². The smallest absolute Gasteiger partial charge is 0.306 e. The third-order valence-electron chi connectivity index (χ3n) is 12.6. The van der Waals surface area contributed by atoms with Crippen molar-refractivity contribution >= 4 is 17.9 Å². The lowest BCUT2D eigenvalue weighted by atomic mass is 10.1. The molecule has 0 saturated heterocycles. The van der Waals surface area contributed by atoms with Gasteiger partial charge in [-0.15, -0.1) is 0 Å². The summed E-state index contributed by atoms with van der Waals surface area (Å²) in [5.74, 6) is -0.895. The highest BCUT2D eigenvalue weighted by Crippen LogP contribution is 2.16. The Hall–Kier alpha value is -3.41. The second kappa shape index (κ2) is 58.2. The summed E-state index contributed by atoms with van der Waals surface area (Å²) in [4.78, 5) is 38.1. The van der Waals surface area contributed by atoms with E-state index in [4.69, 9.17) is 14.2 Å². The first-order chi connectivity index (χ1) is 34.5. The number of esters is 3. The van der Waals surface area contributed by atoms with E-state index in [9.17, 15) is 14.4 Å². The molecule has 1 unspecified atom stereocenters. The summed E-state index contributed by atoms with van der Waals surface area (Å²) in [5.41, 5.74) is 0. The molecule has 70 heavy (non-hydrogen) atoms. The molecule has 0 aromatic heterocycles. The van der Waals surface area contributed by atoms with Crippen molar-refractivity contribution in [3.8, 4) is 0 Å². The molecule has 0 aromatic rings. The lowest BCUT2D eigenvalue weighted by Crippen LogP contribution is -2.30. The molecule has 0 radical (unpaired) electrons. The molecule has 0 aromatic carbocycles. The molecule has 0 bridgehead atoms. The first kappa shape index (κ1) is 66.6. The number of hydrogen-bond donors (Lipinski definition) is 0. The van der Waals surface area contributed by atoms with Gasteiger partial charge in [0.2, 0.25) is 0 Å². The summed E-state index contributed by atoms with van der Waals surface area (Å²) in [6.45, 7) is 6.44. The number of carbonyl (C=O) groups is 3. The van der Waals surface area contributed by atoms with Crippen LogP contribution in [0.1, 0.15) is 284 Å². The van der Waals surface area contributed by atoms with Crippen LogP contribution in [-0.2, 0) is 28.6 Å². The molecule has 0 aliphatic rings. The molecule has 1 atom stereocenters. The van der Waals surface area contributed by atoms with Crippen molar-refractivity contribution in [1.29, 1.82) is 0 Å². The first-order valence-corrected chi connectivity index (χ1v) is 29.6. The van der Waals surface area contributed by atoms with Gasteiger partial charge in [-0.1, -0.05) is 241 Å². The minimum absolute atomic E-state index is 0.0825. The number of rotatable bonds is 53. The zero-order valence-electron chi connectivity index (χ0n) is 46.0. The molecule has 6 heteroatoms. The van der Waals surface area contributed by atoms with E-state index in [0.717, 1.165) is 103 Å². The SMILES string of the molecule is CC/C=C\C/C=C\C/C=C\C/C=C\CCCCCCCCCCCCC(=O)OCC(COC(=O)CCCCCCC/C=C\CCC)OC(=O)CCCCCCCCCCC/C=C\C/C=C\CCCCC. The fraction of sp³-hybridized carbons (Fsp3) is 0.734. The molecule has 0 aliphatic heterocycles. The maximum atomic E-state index is 12.9. The van der Waals surface area contributed by atoms with Crippen molar-refractivity contribution in [2.24, 2.45) is 0 Å². The maximum Gasteiger partial charge on any atom is 0.306 e. The van der Waals surface area contributed by atoms with E-state index in [1.165, 1.54) is 141 Å². The Morgan fingerprint density at radius 3 is 0.943 bits per heavy atom. The topological polar surface area (TPSA) is 78.9 Å². The number of ether oxygens (including phenoxy) is 3. The minimum Gasteiger partial charge on any atom is -0.462 e. The monoisotopic (exact) mass is 975 g/mol. The second-order valence-electron chi connectivity index (χ2n) is 19.5. The number of allylic oxidation sites excluding steroid dienone is 14. The summed E-state index contributed by atoms with van der Waals surface area (Å²) in [6, 6.07) is 0. The highest BCUT2D eigenvalue weighted by Gasteiger charge is 2.19. The molecular formula is C64H110O6. The summed E-state index contributed by atoms with van der Waals surface area (Å²) < 4.78 is 16.9. The molecule has 6 nitrogen and oxygen atoms in total. The van der Waals surface area contributed by atoms with Gasteiger partial charge in [-0.3, -0.25) is 14.4 Å². The van der Waals surface area contributed by atoms with Crippen LogP contribution >= 0.6 is 0 Å². The van der Waals surface area contributed by atoms with Gasteiger partial charge in [0, 0.05) is 19.3 Å². The lowest BCUT2D eigenvalue weighted by Gasteiger charge is -2.18. The van der Waals surface area contributed by atoms with Crippen LogP contribution in [-0.4, -0.2) is 37.2 Å². The van der Waals surface area contributed by atoms with Crippen molar-refractivity contribution in [1.82, 2.24) is 0 Å². The predicted octanol–water partition coefficient (Wildman–Crippen LogP) is 19.9. The standard InChI is InChI=1S/C64H110O6/c1-4-7-10-13-16-19-22-24-26-28-30-31-32-33-35-36-38-40-42-45-48-51-54-57-63(66)69-60-61(59-68-62(65)56-53-50-47-44-21-18-15-12-9-6-3)70-64(67)58-55-52-49-46-43-41-39-37-34-29-27-25-23-20-17-14-11-8-5-2/h7,10,12,15-17,19-20,24-27,30-31,61H,4-6,8-9,11,13-14,18,21-23,28-29,32-60H2,1-3H3/b10-7-,15-12-,19-16-,20-17-,26-24-,27-25-,31-30-. The fourth-order valence-corrected chi connectivity index (χ4v) is 8.17. The van der Waals surface area contributed by atoms with E-state index < -0.39 is 6.10 Å². The molecule has 0 saturated carbocycles. The largest absolute Gasteiger partial charge is 0.462 e. The van der Waals surface area contributed by atoms with E-state index in [1.807, 2.05) is 0 Å². The van der Waals surface area contributed by atoms with Crippen molar-refractivity contribution in [2.45, 2.75) is 290 Å². The van der Waals surface area contributed by atoms with Crippen LogP contribution in [0, 0.1) is 0 Å². The van der Waals surface area contributed by atoms with E-state index in [-0.39, 0.29) is 31.1 Å². The Morgan fingerprint density at radius 2 is 0.586 bits per heavy atom. The molecule has 0 spiro atoms. The minimum atomic E-state index is -0.784. The van der Waals surface area contributed by atoms with E-state index in [0.29, 0.717) is 19.3 Å². The van der Waals surface area contributed by atoms with Crippen LogP contribution in [0.5, 0.6) is 0 Å². The van der Waals surface area contributed by atoms with Gasteiger partial charge >= 0.3 is 17.9 Å². The quantitative estimate of drug-likeness (QED) is 0.0261. The fourth-order valence-electron chi connectivity index (χ4n) is 8.17. The predicted molar refractivity (Wildman–Crippen MR) is 302 cm³/mol. The van der Waals surface area contributed by atoms with Crippen molar-refractivity contribution in [3.63, 3.8) is 0 Å². The second-order valence-corrected chi connectivity index (χ2v) is 19.5. The Labute approximate surface area is 433 Å². The van der Waals surface area contributed by atoms with E-state index in [2.05, 4.69) is 106 Å². The highest BCUT2D eigenvalue weighted by atomic mass is 16.6. The van der Waals surface area contributed by atoms with Gasteiger partial charge in [-0.25, -0.2) is 0 Å². The van der Waals surface area contributed by atoms with Crippen LogP contribution in [0.15, 0.2) is 85.1 Å². The van der Waals surface area contributed by atoms with Gasteiger partial charge in [0.15, 0.2) is 6.10 Å². The third-order valence-corrected chi connectivity index (χ3v) is 12.6. The Bertz CT molecular complexity index is 1350. The molecule has 0 rings (SSSR count). The molecule has 0 fully saturated rings. The average molecular weight is 976 g/mol. The van der Waals surface area contributed by atoms with Crippen LogP contribution in [0.3, 0.4) is 0 Å². The van der Waals surface area contributed by atoms with Crippen molar-refractivity contribution in [2.75, 3.05) is 13.2 Å². The van der Waals surface area contributed by atoms with Gasteiger partial charge in [0.25, 0.3) is 0 Å². The van der Waals surface area contributed by atoms with E-state index >= 15 is 0 Å². The molecule has 0 heterocycles. The molecular weight excluding hydrogens is 865 g/mol. The van der Waals surface area contributed by atoms with Gasteiger partial charge in [0.05, 0.1) is 0 Å². The normalized spacial score (nSPS) is 12.7. The molecule has 0 aliphatic carbocycles. The lowest BCUT2D eigenvalue weighted by molar-refractivity contribution is -0.167. The first-order valence-electron chi connectivity index (χ1n) is 29.6. The van der Waals surface area contributed by atoms with Crippen LogP contribution < -0.4 is 0 Å². The van der Waals surface area contributed by atoms with Gasteiger partial charge in [0.1, 0.15) is 13.2 Å². The summed E-state index contributed by atoms with van der Waals surface area (Å²) in [5, 5.41) is 0. The zero-order chi connectivity index (χ0) is 50.7. The number of carbonyl (C=O) groups excluding carboxylic acids is 3. The van der Waals surface area contributed by atoms with Crippen LogP contribution in [0.25, 0.3) is 0 Å². The van der Waals surface area contributed by atoms with Gasteiger partial charge in [-0.05, 0) is 109 Å². The molecule has 0 amide bonds. The van der Waals surface area contributed by atoms with Crippen molar-refractivity contribution in [3.05, 3.63) is 85.1 Å². The average Bonchev–Trinajstić information content (AvgIpc) is 3.36. The van der Waals surface area contributed by atoms with Crippen molar-refractivity contribution < 1.29 is 28.6 Å². The number of hydrogen-bond acceptors (Lipinski definition) is 6. The summed E-state index contributed by atoms with van der Waals surface area (Å²) in [7, 11) is 0. The third kappa shape index (κ3) is 55.5. The zero-order valence-corrected chi connectivity index (χ0v) is 46.0. The van der Waals surface area contributed by atoms with Gasteiger partial charge in [-0.2, -0.15) is 0 Å². The summed E-state index contributed by atoms with van der Waals surface area (Å²) >= 11 is 0. The Balaban J connectivity index is 4.29. The number of unbranched alkanes of at least 4 members (excludes halogenated alkanes) is 28. The Kier molecular flexibility index (Phi) is 55.3. The Morgan fingerprint density at radius 1 is 0.300 bits per heavy atom. The van der Waals surface area contributed by atoms with E-state index in [1.54, 1.807) is 0 Å². The van der Waals surface area contributed by atoms with Gasteiger partial charge < -0.3 is 14.2 Å². The molecule has 0 N–H and O–H groups in total. The summed E-state index contributed by atoms with van der Waals surface area (Å²) in [6.07, 6.45) is 75.8. The molecule has 402 valence electrons. The highest BCUT2D eigenvalue weighted by molar-refractivity contribution is 5.71. The van der Waals surface area contributed by atoms with Crippen LogP contribution in [0.2, 0.25) is 0 Å². The maximum absolute atomic E-state index is 12.9.